The second-order valence-electron chi connectivity index (χ2n) is 9.68. The molecule has 1 amide bonds. The van der Waals surface area contributed by atoms with Crippen molar-refractivity contribution in [2.45, 2.75) is 44.2 Å². The fourth-order valence-corrected chi connectivity index (χ4v) is 5.83. The third-order valence-corrected chi connectivity index (χ3v) is 8.40. The molecular formula is C30H31N5O5S. The molecule has 4 aromatic rings. The van der Waals surface area contributed by atoms with E-state index in [9.17, 15) is 18.0 Å². The molecule has 1 aliphatic rings. The first kappa shape index (κ1) is 28.2. The van der Waals surface area contributed by atoms with Gasteiger partial charge < -0.3 is 10.1 Å². The SMILES string of the molecule is CCC(OC(=O)c1c2c(nc3ccccc13)CCN(CC)C2)C(=O)Nc1ccc(S(=O)(=O)Nc2ccccn2)cc1. The standard InChI is InChI=1S/C30H31N5O5S/c1-3-26(29(36)32-20-12-14-21(15-13-20)41(38,39)34-27-11-7-8-17-31-27)40-30(37)28-22-9-5-6-10-24(22)33-25-16-18-35(4-2)19-23(25)28/h5-15,17,26H,3-4,16,18-19H2,1-2H3,(H,31,34)(H,32,36). The summed E-state index contributed by atoms with van der Waals surface area (Å²) in [5.41, 5.74) is 3.25. The van der Waals surface area contributed by atoms with Crippen LogP contribution in [-0.4, -0.2) is 54.4 Å². The molecule has 0 aliphatic carbocycles. The van der Waals surface area contributed by atoms with Crippen molar-refractivity contribution in [2.24, 2.45) is 0 Å². The number of pyridine rings is 2. The van der Waals surface area contributed by atoms with Gasteiger partial charge in [0.1, 0.15) is 5.82 Å². The van der Waals surface area contributed by atoms with Gasteiger partial charge in [0.05, 0.1) is 16.0 Å². The highest BCUT2D eigenvalue weighted by molar-refractivity contribution is 7.92. The lowest BCUT2D eigenvalue weighted by Gasteiger charge is -2.29. The highest BCUT2D eigenvalue weighted by Crippen LogP contribution is 2.29. The quantitative estimate of drug-likeness (QED) is 0.282. The summed E-state index contributed by atoms with van der Waals surface area (Å²) in [4.78, 5) is 37.8. The van der Waals surface area contributed by atoms with Crippen LogP contribution in [0.5, 0.6) is 0 Å². The number of nitrogens with one attached hydrogen (secondary N) is 2. The molecule has 0 fully saturated rings. The Balaban J connectivity index is 1.32. The molecule has 5 rings (SSSR count). The van der Waals surface area contributed by atoms with Crippen LogP contribution in [0.25, 0.3) is 10.9 Å². The third kappa shape index (κ3) is 6.21. The number of esters is 1. The first-order valence-corrected chi connectivity index (χ1v) is 15.0. The fourth-order valence-electron chi connectivity index (χ4n) is 4.82. The summed E-state index contributed by atoms with van der Waals surface area (Å²) in [5, 5.41) is 3.42. The Kier molecular flexibility index (Phi) is 8.27. The summed E-state index contributed by atoms with van der Waals surface area (Å²) in [5.74, 6) is -0.879. The maximum Gasteiger partial charge on any atom is 0.340 e. The van der Waals surface area contributed by atoms with E-state index in [1.165, 1.54) is 30.5 Å². The minimum atomic E-state index is -3.86. The Labute approximate surface area is 238 Å². The average Bonchev–Trinajstić information content (AvgIpc) is 2.98. The molecule has 0 saturated carbocycles. The van der Waals surface area contributed by atoms with Crippen LogP contribution in [-0.2, 0) is 32.5 Å². The van der Waals surface area contributed by atoms with Crippen molar-refractivity contribution >= 4 is 44.3 Å². The van der Waals surface area contributed by atoms with Gasteiger partial charge in [0.25, 0.3) is 15.9 Å². The Morgan fingerprint density at radius 3 is 2.49 bits per heavy atom. The zero-order chi connectivity index (χ0) is 29.0. The van der Waals surface area contributed by atoms with Crippen molar-refractivity contribution in [3.05, 3.63) is 89.7 Å². The van der Waals surface area contributed by atoms with Gasteiger partial charge in [-0.15, -0.1) is 0 Å². The lowest BCUT2D eigenvalue weighted by Crippen LogP contribution is -2.35. The smallest absolute Gasteiger partial charge is 0.340 e. The molecule has 3 heterocycles. The van der Waals surface area contributed by atoms with E-state index in [1.54, 1.807) is 25.1 Å². The van der Waals surface area contributed by atoms with Crippen molar-refractivity contribution in [1.82, 2.24) is 14.9 Å². The van der Waals surface area contributed by atoms with Gasteiger partial charge in [-0.05, 0) is 55.4 Å². The Morgan fingerprint density at radius 1 is 1.02 bits per heavy atom. The van der Waals surface area contributed by atoms with Crippen molar-refractivity contribution in [1.29, 1.82) is 0 Å². The number of fused-ring (bicyclic) bond motifs is 2. The normalized spacial score (nSPS) is 14.2. The number of ether oxygens (including phenoxy) is 1. The van der Waals surface area contributed by atoms with Gasteiger partial charge in [-0.25, -0.2) is 18.2 Å². The van der Waals surface area contributed by atoms with Crippen LogP contribution in [0.2, 0.25) is 0 Å². The summed E-state index contributed by atoms with van der Waals surface area (Å²) in [6.07, 6.45) is 1.42. The van der Waals surface area contributed by atoms with Crippen LogP contribution in [0.1, 0.15) is 41.9 Å². The van der Waals surface area contributed by atoms with Crippen LogP contribution < -0.4 is 10.0 Å². The Morgan fingerprint density at radius 2 is 1.78 bits per heavy atom. The van der Waals surface area contributed by atoms with Gasteiger partial charge >= 0.3 is 5.97 Å². The van der Waals surface area contributed by atoms with Crippen LogP contribution in [0, 0.1) is 0 Å². The molecule has 2 aromatic heterocycles. The summed E-state index contributed by atoms with van der Waals surface area (Å²) in [6, 6.07) is 18.1. The number of carbonyl (C=O) groups is 2. The molecule has 0 saturated heterocycles. The van der Waals surface area contributed by atoms with E-state index in [1.807, 2.05) is 24.3 Å². The Bertz CT molecular complexity index is 1680. The first-order valence-electron chi connectivity index (χ1n) is 13.5. The van der Waals surface area contributed by atoms with Crippen molar-refractivity contribution in [3.8, 4) is 0 Å². The Hall–Kier alpha value is -4.35. The van der Waals surface area contributed by atoms with Gasteiger partial charge in [-0.2, -0.15) is 0 Å². The number of hydrogen-bond donors (Lipinski definition) is 2. The number of anilines is 2. The van der Waals surface area contributed by atoms with E-state index >= 15 is 0 Å². The second-order valence-corrected chi connectivity index (χ2v) is 11.4. The van der Waals surface area contributed by atoms with Crippen LogP contribution in [0.4, 0.5) is 11.5 Å². The van der Waals surface area contributed by atoms with Crippen LogP contribution in [0.15, 0.2) is 77.8 Å². The van der Waals surface area contributed by atoms with Crippen LogP contribution >= 0.6 is 0 Å². The third-order valence-electron chi connectivity index (χ3n) is 7.03. The number of sulfonamides is 1. The topological polar surface area (TPSA) is 131 Å². The van der Waals surface area contributed by atoms with E-state index in [0.717, 1.165) is 30.8 Å². The summed E-state index contributed by atoms with van der Waals surface area (Å²) in [7, 11) is -3.86. The monoisotopic (exact) mass is 573 g/mol. The summed E-state index contributed by atoms with van der Waals surface area (Å²) < 4.78 is 33.6. The van der Waals surface area contributed by atoms with Gasteiger partial charge in [-0.3, -0.25) is 19.4 Å². The van der Waals surface area contributed by atoms with Gasteiger partial charge in [-0.1, -0.05) is 38.1 Å². The molecule has 11 heteroatoms. The molecule has 41 heavy (non-hydrogen) atoms. The first-order chi connectivity index (χ1) is 19.8. The number of carbonyl (C=O) groups excluding carboxylic acids is 2. The zero-order valence-corrected chi connectivity index (χ0v) is 23.6. The molecular weight excluding hydrogens is 542 g/mol. The van der Waals surface area contributed by atoms with E-state index in [2.05, 4.69) is 26.8 Å². The molecule has 0 spiro atoms. The number of nitrogens with zero attached hydrogens (tertiary/aromatic N) is 3. The molecule has 0 radical (unpaired) electrons. The fraction of sp³-hybridized carbons (Fsp3) is 0.267. The second kappa shape index (κ2) is 12.0. The van der Waals surface area contributed by atoms with Gasteiger partial charge in [0, 0.05) is 48.0 Å². The van der Waals surface area contributed by atoms with E-state index in [0.29, 0.717) is 28.7 Å². The number of likely N-dealkylation sites (N-methyl/N-ethyl adjacent to an activating group) is 1. The molecule has 1 atom stereocenters. The summed E-state index contributed by atoms with van der Waals surface area (Å²) >= 11 is 0. The predicted molar refractivity (Wildman–Crippen MR) is 156 cm³/mol. The number of amides is 1. The minimum Gasteiger partial charge on any atom is -0.449 e. The number of rotatable bonds is 9. The number of benzene rings is 2. The van der Waals surface area contributed by atoms with Crippen LogP contribution in [0.3, 0.4) is 0 Å². The molecule has 2 N–H and O–H groups in total. The van der Waals surface area contributed by atoms with E-state index in [-0.39, 0.29) is 17.1 Å². The highest BCUT2D eigenvalue weighted by Gasteiger charge is 2.29. The molecule has 1 aliphatic heterocycles. The van der Waals surface area contributed by atoms with Crippen molar-refractivity contribution in [3.63, 3.8) is 0 Å². The molecule has 1 unspecified atom stereocenters. The zero-order valence-electron chi connectivity index (χ0n) is 22.8. The van der Waals surface area contributed by atoms with E-state index < -0.39 is 28.0 Å². The molecule has 0 bridgehead atoms. The minimum absolute atomic E-state index is 0.00934. The summed E-state index contributed by atoms with van der Waals surface area (Å²) in [6.45, 7) is 6.13. The number of hydrogen-bond acceptors (Lipinski definition) is 8. The van der Waals surface area contributed by atoms with Gasteiger partial charge in [0.2, 0.25) is 0 Å². The maximum absolute atomic E-state index is 13.6. The molecule has 212 valence electrons. The highest BCUT2D eigenvalue weighted by atomic mass is 32.2. The lowest BCUT2D eigenvalue weighted by atomic mass is 9.95. The largest absolute Gasteiger partial charge is 0.449 e. The van der Waals surface area contributed by atoms with Crippen molar-refractivity contribution in [2.75, 3.05) is 23.1 Å². The average molecular weight is 574 g/mol. The van der Waals surface area contributed by atoms with E-state index in [4.69, 9.17) is 9.72 Å². The number of aromatic nitrogens is 2. The maximum atomic E-state index is 13.6. The number of para-hydroxylation sites is 1. The van der Waals surface area contributed by atoms with Gasteiger partial charge in [0.15, 0.2) is 6.10 Å². The lowest BCUT2D eigenvalue weighted by molar-refractivity contribution is -0.124. The molecule has 10 nitrogen and oxygen atoms in total. The van der Waals surface area contributed by atoms with Crippen molar-refractivity contribution < 1.29 is 22.7 Å². The predicted octanol–water partition coefficient (Wildman–Crippen LogP) is 4.38. The molecule has 2 aromatic carbocycles.